The maximum Gasteiger partial charge on any atom is 0.115 e. The molecule has 0 bridgehead atoms. The van der Waals surface area contributed by atoms with Gasteiger partial charge in [-0.2, -0.15) is 0 Å². The first-order valence-corrected chi connectivity index (χ1v) is 14.5. The highest BCUT2D eigenvalue weighted by atomic mass is 16.3. The molecule has 0 radical (unpaired) electrons. The van der Waals surface area contributed by atoms with Crippen molar-refractivity contribution in [3.63, 3.8) is 0 Å². The Bertz CT molecular complexity index is 1090. The number of H-pyrrole nitrogens is 1. The number of hydrogen-bond donors (Lipinski definition) is 4. The van der Waals surface area contributed by atoms with Crippen molar-refractivity contribution in [1.29, 1.82) is 0 Å². The number of hydrogen-bond acceptors (Lipinski definition) is 4. The lowest BCUT2D eigenvalue weighted by Crippen LogP contribution is -2.35. The van der Waals surface area contributed by atoms with Crippen LogP contribution in [0.15, 0.2) is 53.8 Å². The lowest BCUT2D eigenvalue weighted by molar-refractivity contribution is 0.0862. The van der Waals surface area contributed by atoms with Crippen molar-refractivity contribution in [2.75, 3.05) is 0 Å². The summed E-state index contributed by atoms with van der Waals surface area (Å²) in [4.78, 5) is 8.02. The Hall–Kier alpha value is -1.95. The molecule has 0 spiro atoms. The van der Waals surface area contributed by atoms with E-state index in [4.69, 9.17) is 0 Å². The number of allylic oxidation sites excluding steroid dienone is 4. The average Bonchev–Trinajstić information content (AvgIpc) is 3.39. The summed E-state index contributed by atoms with van der Waals surface area (Å²) < 4.78 is 0. The zero-order valence-electron chi connectivity index (χ0n) is 22.9. The molecular formula is C32H46N2O3. The third-order valence-corrected chi connectivity index (χ3v) is 10.4. The van der Waals surface area contributed by atoms with Gasteiger partial charge in [-0.1, -0.05) is 57.2 Å². The van der Waals surface area contributed by atoms with Gasteiger partial charge in [0.05, 0.1) is 23.7 Å². The van der Waals surface area contributed by atoms with Crippen molar-refractivity contribution in [1.82, 2.24) is 9.97 Å². The molecule has 0 aromatic carbocycles. The van der Waals surface area contributed by atoms with Gasteiger partial charge in [0.15, 0.2) is 0 Å². The van der Waals surface area contributed by atoms with E-state index in [2.05, 4.69) is 61.6 Å². The van der Waals surface area contributed by atoms with Crippen molar-refractivity contribution in [2.24, 2.45) is 23.2 Å². The minimum absolute atomic E-state index is 0.232. The lowest BCUT2D eigenvalue weighted by atomic mass is 9.61. The van der Waals surface area contributed by atoms with Gasteiger partial charge in [-0.15, -0.1) is 0 Å². The molecular weight excluding hydrogens is 460 g/mol. The number of rotatable bonds is 7. The monoisotopic (exact) mass is 506 g/mol. The predicted molar refractivity (Wildman–Crippen MR) is 148 cm³/mol. The first kappa shape index (κ1) is 26.6. The minimum Gasteiger partial charge on any atom is -0.393 e. The smallest absolute Gasteiger partial charge is 0.115 e. The minimum atomic E-state index is -0.639. The second-order valence-electron chi connectivity index (χ2n) is 12.6. The summed E-state index contributed by atoms with van der Waals surface area (Å²) >= 11 is 0. The predicted octanol–water partition coefficient (Wildman–Crippen LogP) is 5.70. The number of aryl methyl sites for hydroxylation is 1. The fraction of sp³-hybridized carbons (Fsp3) is 0.656. The zero-order chi connectivity index (χ0) is 26.4. The Kier molecular flexibility index (Phi) is 7.43. The SMILES string of the molecule is C=C1C(=CC=C2CCC[C@]3(C)[C@@H]([C@H](C)C=C[C@H](O)C4(c5ncc(CC)[nH]5)CC4)CC[C@@H]23)C[C@@H](O)C[C@@H]1O. The molecule has 4 N–H and O–H groups in total. The van der Waals surface area contributed by atoms with Crippen LogP contribution in [0, 0.1) is 23.2 Å². The van der Waals surface area contributed by atoms with Crippen LogP contribution in [0.5, 0.6) is 0 Å². The summed E-state index contributed by atoms with van der Waals surface area (Å²) in [7, 11) is 0. The van der Waals surface area contributed by atoms with E-state index in [0.717, 1.165) is 48.3 Å². The maximum atomic E-state index is 11.2. The van der Waals surface area contributed by atoms with E-state index >= 15 is 0 Å². The van der Waals surface area contributed by atoms with Gasteiger partial charge < -0.3 is 20.3 Å². The number of aromatic nitrogens is 2. The molecule has 0 unspecified atom stereocenters. The van der Waals surface area contributed by atoms with E-state index in [1.54, 1.807) is 0 Å². The van der Waals surface area contributed by atoms with Gasteiger partial charge in [0.1, 0.15) is 5.82 Å². The molecule has 1 aromatic rings. The van der Waals surface area contributed by atoms with Gasteiger partial charge in [0.25, 0.3) is 0 Å². The van der Waals surface area contributed by atoms with Crippen LogP contribution in [0.4, 0.5) is 0 Å². The van der Waals surface area contributed by atoms with Crippen LogP contribution in [0.1, 0.15) is 90.1 Å². The highest BCUT2D eigenvalue weighted by Crippen LogP contribution is 2.59. The molecule has 0 aliphatic heterocycles. The molecule has 5 nitrogen and oxygen atoms in total. The van der Waals surface area contributed by atoms with Crippen LogP contribution in [0.2, 0.25) is 0 Å². The van der Waals surface area contributed by atoms with Gasteiger partial charge in [-0.05, 0) is 92.1 Å². The summed E-state index contributed by atoms with van der Waals surface area (Å²) in [6, 6.07) is 0. The van der Waals surface area contributed by atoms with E-state index < -0.39 is 18.3 Å². The van der Waals surface area contributed by atoms with E-state index in [-0.39, 0.29) is 10.8 Å². The molecule has 4 aliphatic rings. The zero-order valence-corrected chi connectivity index (χ0v) is 22.9. The molecule has 7 atom stereocenters. The fourth-order valence-corrected chi connectivity index (χ4v) is 7.81. The molecule has 0 amide bonds. The van der Waals surface area contributed by atoms with Gasteiger partial charge in [0.2, 0.25) is 0 Å². The quantitative estimate of drug-likeness (QED) is 0.357. The fourth-order valence-electron chi connectivity index (χ4n) is 7.81. The van der Waals surface area contributed by atoms with Crippen LogP contribution < -0.4 is 0 Å². The van der Waals surface area contributed by atoms with Crippen molar-refractivity contribution in [2.45, 2.75) is 109 Å². The Morgan fingerprint density at radius 3 is 2.68 bits per heavy atom. The molecule has 4 saturated carbocycles. The van der Waals surface area contributed by atoms with Crippen LogP contribution >= 0.6 is 0 Å². The molecule has 37 heavy (non-hydrogen) atoms. The van der Waals surface area contributed by atoms with Crippen molar-refractivity contribution < 1.29 is 15.3 Å². The third kappa shape index (κ3) is 4.95. The van der Waals surface area contributed by atoms with Gasteiger partial charge in [-0.3, -0.25) is 0 Å². The molecule has 4 fully saturated rings. The van der Waals surface area contributed by atoms with Crippen molar-refractivity contribution >= 4 is 0 Å². The number of aromatic amines is 1. The number of aliphatic hydroxyl groups is 3. The largest absolute Gasteiger partial charge is 0.393 e. The number of aliphatic hydroxyl groups excluding tert-OH is 3. The first-order valence-electron chi connectivity index (χ1n) is 14.5. The number of nitrogens with zero attached hydrogens (tertiary/aromatic N) is 1. The summed E-state index contributed by atoms with van der Waals surface area (Å²) in [5.74, 6) is 2.51. The summed E-state index contributed by atoms with van der Waals surface area (Å²) in [5.41, 5.74) is 4.42. The van der Waals surface area contributed by atoms with Crippen LogP contribution in [0.3, 0.4) is 0 Å². The Labute approximate surface area is 222 Å². The molecule has 1 aromatic heterocycles. The number of nitrogens with one attached hydrogen (secondary N) is 1. The second kappa shape index (κ2) is 10.3. The van der Waals surface area contributed by atoms with Gasteiger partial charge >= 0.3 is 0 Å². The topological polar surface area (TPSA) is 89.4 Å². The van der Waals surface area contributed by atoms with Crippen LogP contribution in [-0.4, -0.2) is 43.6 Å². The lowest BCUT2D eigenvalue weighted by Gasteiger charge is -2.44. The standard InChI is InChI=1S/C32H46N2O3/c1-5-24-19-33-30(34-24)32(15-16-32)29(37)13-8-20(2)26-11-12-27-22(7-6-14-31(26,27)4)9-10-23-17-25(35)18-28(36)21(23)3/h8-10,13,19-20,25-29,35-37H,3,5-7,11-12,14-18H2,1-2,4H3,(H,33,34)/t20-,25-,26-,27+,28+,29+,31-/m1/s1. The second-order valence-corrected chi connectivity index (χ2v) is 12.6. The first-order chi connectivity index (χ1) is 17.7. The summed E-state index contributed by atoms with van der Waals surface area (Å²) in [5, 5.41) is 31.5. The molecule has 202 valence electrons. The molecule has 0 saturated heterocycles. The highest BCUT2D eigenvalue weighted by molar-refractivity contribution is 5.38. The van der Waals surface area contributed by atoms with Crippen molar-refractivity contribution in [3.8, 4) is 0 Å². The average molecular weight is 507 g/mol. The van der Waals surface area contributed by atoms with E-state index in [1.807, 2.05) is 6.20 Å². The highest BCUT2D eigenvalue weighted by Gasteiger charge is 2.53. The third-order valence-electron chi connectivity index (χ3n) is 10.4. The number of imidazole rings is 1. The molecule has 4 aliphatic carbocycles. The van der Waals surface area contributed by atoms with Crippen LogP contribution in [0.25, 0.3) is 0 Å². The summed E-state index contributed by atoms with van der Waals surface area (Å²) in [6.45, 7) is 11.0. The van der Waals surface area contributed by atoms with Gasteiger partial charge in [0, 0.05) is 18.3 Å². The van der Waals surface area contributed by atoms with Gasteiger partial charge in [-0.25, -0.2) is 4.98 Å². The van der Waals surface area contributed by atoms with Crippen LogP contribution in [-0.2, 0) is 11.8 Å². The summed E-state index contributed by atoms with van der Waals surface area (Å²) in [6.07, 6.45) is 18.9. The van der Waals surface area contributed by atoms with Crippen molar-refractivity contribution in [3.05, 3.63) is 65.3 Å². The number of fused-ring (bicyclic) bond motifs is 1. The Morgan fingerprint density at radius 2 is 1.97 bits per heavy atom. The maximum absolute atomic E-state index is 11.2. The molecule has 5 heteroatoms. The van der Waals surface area contributed by atoms with E-state index in [9.17, 15) is 15.3 Å². The normalized spacial score (nSPS) is 37.3. The Morgan fingerprint density at radius 1 is 1.19 bits per heavy atom. The Balaban J connectivity index is 1.28. The molecule has 1 heterocycles. The van der Waals surface area contributed by atoms with E-state index in [1.165, 1.54) is 31.3 Å². The molecule has 5 rings (SSSR count). The van der Waals surface area contributed by atoms with E-state index in [0.29, 0.717) is 30.6 Å².